The summed E-state index contributed by atoms with van der Waals surface area (Å²) >= 11 is 3.35. The van der Waals surface area contributed by atoms with Crippen LogP contribution < -0.4 is 10.6 Å². The Balaban J connectivity index is 1.64. The SMILES string of the molecule is O=C(CCCC(=O)Nc1cccc(Br)c1)NCc1ccccn1. The van der Waals surface area contributed by atoms with Crippen LogP contribution in [0.3, 0.4) is 0 Å². The lowest BCUT2D eigenvalue weighted by molar-refractivity contribution is -0.121. The number of rotatable bonds is 7. The average Bonchev–Trinajstić information content (AvgIpc) is 2.54. The van der Waals surface area contributed by atoms with Crippen LogP contribution in [-0.2, 0) is 16.1 Å². The first kappa shape index (κ1) is 17.1. The molecule has 2 rings (SSSR count). The van der Waals surface area contributed by atoms with E-state index in [1.807, 2.05) is 42.5 Å². The summed E-state index contributed by atoms with van der Waals surface area (Å²) < 4.78 is 0.907. The van der Waals surface area contributed by atoms with Crippen LogP contribution in [0.15, 0.2) is 53.1 Å². The summed E-state index contributed by atoms with van der Waals surface area (Å²) in [6.07, 6.45) is 2.82. The average molecular weight is 376 g/mol. The Morgan fingerprint density at radius 3 is 2.61 bits per heavy atom. The van der Waals surface area contributed by atoms with E-state index >= 15 is 0 Å². The number of anilines is 1. The van der Waals surface area contributed by atoms with E-state index < -0.39 is 0 Å². The fourth-order valence-electron chi connectivity index (χ4n) is 1.98. The van der Waals surface area contributed by atoms with Gasteiger partial charge in [-0.25, -0.2) is 0 Å². The molecule has 0 saturated carbocycles. The van der Waals surface area contributed by atoms with Gasteiger partial charge in [0.25, 0.3) is 0 Å². The molecule has 0 saturated heterocycles. The Bertz CT molecular complexity index is 662. The van der Waals surface area contributed by atoms with Gasteiger partial charge in [0.05, 0.1) is 12.2 Å². The first-order valence-electron chi connectivity index (χ1n) is 7.35. The minimum atomic E-state index is -0.0966. The molecule has 5 nitrogen and oxygen atoms in total. The number of hydrogen-bond donors (Lipinski definition) is 2. The van der Waals surface area contributed by atoms with Gasteiger partial charge in [-0.3, -0.25) is 14.6 Å². The standard InChI is InChI=1S/C17H18BrN3O2/c18-13-5-3-7-14(11-13)21-17(23)9-4-8-16(22)20-12-15-6-1-2-10-19-15/h1-3,5-7,10-11H,4,8-9,12H2,(H,20,22)(H,21,23). The Kier molecular flexibility index (Phi) is 6.75. The molecule has 1 aromatic heterocycles. The molecular formula is C17H18BrN3O2. The Morgan fingerprint density at radius 1 is 1.04 bits per heavy atom. The zero-order chi connectivity index (χ0) is 16.5. The molecule has 0 aliphatic carbocycles. The molecule has 120 valence electrons. The molecule has 2 aromatic rings. The Morgan fingerprint density at radius 2 is 1.87 bits per heavy atom. The maximum absolute atomic E-state index is 11.8. The molecule has 2 amide bonds. The van der Waals surface area contributed by atoms with Crippen molar-refractivity contribution in [3.63, 3.8) is 0 Å². The summed E-state index contributed by atoms with van der Waals surface area (Å²) in [4.78, 5) is 27.7. The quantitative estimate of drug-likeness (QED) is 0.779. The molecule has 0 fully saturated rings. The monoisotopic (exact) mass is 375 g/mol. The number of benzene rings is 1. The second kappa shape index (κ2) is 9.05. The molecule has 0 radical (unpaired) electrons. The van der Waals surface area contributed by atoms with Gasteiger partial charge >= 0.3 is 0 Å². The summed E-state index contributed by atoms with van der Waals surface area (Å²) in [5, 5.41) is 5.59. The minimum Gasteiger partial charge on any atom is -0.350 e. The number of nitrogens with zero attached hydrogens (tertiary/aromatic N) is 1. The first-order chi connectivity index (χ1) is 11.1. The van der Waals surface area contributed by atoms with Crippen molar-refractivity contribution in [3.8, 4) is 0 Å². The number of aromatic nitrogens is 1. The lowest BCUT2D eigenvalue weighted by atomic mass is 10.2. The highest BCUT2D eigenvalue weighted by Crippen LogP contribution is 2.16. The van der Waals surface area contributed by atoms with Crippen molar-refractivity contribution >= 4 is 33.4 Å². The summed E-state index contributed by atoms with van der Waals surface area (Å²) in [5.41, 5.74) is 1.55. The predicted molar refractivity (Wildman–Crippen MR) is 92.7 cm³/mol. The molecule has 0 spiro atoms. The molecule has 0 unspecified atom stereocenters. The summed E-state index contributed by atoms with van der Waals surface area (Å²) in [6.45, 7) is 0.407. The van der Waals surface area contributed by atoms with Gasteiger partial charge in [0, 0.05) is 29.2 Å². The molecule has 2 N–H and O–H groups in total. The molecule has 23 heavy (non-hydrogen) atoms. The zero-order valence-corrected chi connectivity index (χ0v) is 14.2. The second-order valence-corrected chi connectivity index (χ2v) is 5.93. The van der Waals surface area contributed by atoms with E-state index in [4.69, 9.17) is 0 Å². The van der Waals surface area contributed by atoms with Gasteiger partial charge in [-0.2, -0.15) is 0 Å². The highest BCUT2D eigenvalue weighted by Gasteiger charge is 2.06. The predicted octanol–water partition coefficient (Wildman–Crippen LogP) is 3.27. The third-order valence-electron chi connectivity index (χ3n) is 3.11. The van der Waals surface area contributed by atoms with Crippen LogP contribution in [0.2, 0.25) is 0 Å². The summed E-state index contributed by atoms with van der Waals surface area (Å²) in [7, 11) is 0. The lowest BCUT2D eigenvalue weighted by Crippen LogP contribution is -2.23. The Labute approximate surface area is 143 Å². The molecule has 6 heteroatoms. The number of halogens is 1. The smallest absolute Gasteiger partial charge is 0.224 e. The van der Waals surface area contributed by atoms with E-state index in [0.717, 1.165) is 15.9 Å². The van der Waals surface area contributed by atoms with E-state index in [1.165, 1.54) is 0 Å². The van der Waals surface area contributed by atoms with Gasteiger partial charge in [0.1, 0.15) is 0 Å². The van der Waals surface area contributed by atoms with Gasteiger partial charge in [0.2, 0.25) is 11.8 Å². The van der Waals surface area contributed by atoms with Crippen LogP contribution in [0.4, 0.5) is 5.69 Å². The molecule has 0 bridgehead atoms. The van der Waals surface area contributed by atoms with Crippen molar-refractivity contribution in [2.75, 3.05) is 5.32 Å². The Hall–Kier alpha value is -2.21. The topological polar surface area (TPSA) is 71.1 Å². The van der Waals surface area contributed by atoms with Crippen molar-refractivity contribution < 1.29 is 9.59 Å². The number of carbonyl (C=O) groups is 2. The van der Waals surface area contributed by atoms with Crippen molar-refractivity contribution in [1.82, 2.24) is 10.3 Å². The third kappa shape index (κ3) is 6.61. The number of amides is 2. The number of carbonyl (C=O) groups excluding carboxylic acids is 2. The molecular weight excluding hydrogens is 358 g/mol. The van der Waals surface area contributed by atoms with Crippen molar-refractivity contribution in [2.45, 2.75) is 25.8 Å². The summed E-state index contributed by atoms with van der Waals surface area (Å²) in [6, 6.07) is 13.0. The highest BCUT2D eigenvalue weighted by atomic mass is 79.9. The van der Waals surface area contributed by atoms with Gasteiger partial charge in [-0.1, -0.05) is 28.1 Å². The molecule has 0 atom stereocenters. The van der Waals surface area contributed by atoms with Gasteiger partial charge in [-0.15, -0.1) is 0 Å². The number of pyridine rings is 1. The second-order valence-electron chi connectivity index (χ2n) is 5.01. The van der Waals surface area contributed by atoms with E-state index in [1.54, 1.807) is 6.20 Å². The maximum Gasteiger partial charge on any atom is 0.224 e. The van der Waals surface area contributed by atoms with Crippen LogP contribution in [0, 0.1) is 0 Å². The molecule has 1 heterocycles. The van der Waals surface area contributed by atoms with Gasteiger partial charge in [-0.05, 0) is 36.8 Å². The van der Waals surface area contributed by atoms with E-state index in [9.17, 15) is 9.59 Å². The van der Waals surface area contributed by atoms with E-state index in [-0.39, 0.29) is 11.8 Å². The van der Waals surface area contributed by atoms with Crippen molar-refractivity contribution in [1.29, 1.82) is 0 Å². The van der Waals surface area contributed by atoms with E-state index in [2.05, 4.69) is 31.5 Å². The van der Waals surface area contributed by atoms with Crippen LogP contribution in [0.25, 0.3) is 0 Å². The lowest BCUT2D eigenvalue weighted by Gasteiger charge is -2.06. The minimum absolute atomic E-state index is 0.0779. The fraction of sp³-hybridized carbons (Fsp3) is 0.235. The molecule has 0 aliphatic rings. The van der Waals surface area contributed by atoms with Crippen LogP contribution in [0.5, 0.6) is 0 Å². The van der Waals surface area contributed by atoms with Crippen molar-refractivity contribution in [2.24, 2.45) is 0 Å². The number of nitrogens with one attached hydrogen (secondary N) is 2. The van der Waals surface area contributed by atoms with Crippen molar-refractivity contribution in [3.05, 3.63) is 58.8 Å². The summed E-state index contributed by atoms with van der Waals surface area (Å²) in [5.74, 6) is -0.175. The third-order valence-corrected chi connectivity index (χ3v) is 3.60. The zero-order valence-electron chi connectivity index (χ0n) is 12.6. The largest absolute Gasteiger partial charge is 0.350 e. The van der Waals surface area contributed by atoms with E-state index in [0.29, 0.717) is 25.8 Å². The van der Waals surface area contributed by atoms with Gasteiger partial charge in [0.15, 0.2) is 0 Å². The van der Waals surface area contributed by atoms with Crippen LogP contribution in [0.1, 0.15) is 25.0 Å². The fourth-order valence-corrected chi connectivity index (χ4v) is 2.38. The highest BCUT2D eigenvalue weighted by molar-refractivity contribution is 9.10. The maximum atomic E-state index is 11.8. The number of hydrogen-bond acceptors (Lipinski definition) is 3. The first-order valence-corrected chi connectivity index (χ1v) is 8.15. The molecule has 0 aliphatic heterocycles. The van der Waals surface area contributed by atoms with Crippen LogP contribution in [-0.4, -0.2) is 16.8 Å². The van der Waals surface area contributed by atoms with Gasteiger partial charge < -0.3 is 10.6 Å². The normalized spacial score (nSPS) is 10.1. The molecule has 1 aromatic carbocycles. The van der Waals surface area contributed by atoms with Crippen LogP contribution >= 0.6 is 15.9 Å².